The molecule has 4 aromatic rings. The average Bonchev–Trinajstić information content (AvgIpc) is 3.17. The molecule has 1 N–H and O–H groups in total. The van der Waals surface area contributed by atoms with Crippen molar-refractivity contribution < 1.29 is 23.5 Å². The zero-order chi connectivity index (χ0) is 23.1. The van der Waals surface area contributed by atoms with Gasteiger partial charge in [-0.2, -0.15) is 0 Å². The zero-order valence-corrected chi connectivity index (χ0v) is 18.1. The van der Waals surface area contributed by atoms with Gasteiger partial charge in [-0.3, -0.25) is 4.79 Å². The fourth-order valence-corrected chi connectivity index (χ4v) is 4.65. The van der Waals surface area contributed by atoms with E-state index in [2.05, 4.69) is 5.32 Å². The van der Waals surface area contributed by atoms with E-state index in [9.17, 15) is 19.5 Å². The predicted octanol–water partition coefficient (Wildman–Crippen LogP) is 2.88. The molecule has 7 nitrogen and oxygen atoms in total. The molecule has 0 saturated heterocycles. The Hall–Kier alpha value is -3.87. The van der Waals surface area contributed by atoms with Crippen molar-refractivity contribution in [1.82, 2.24) is 5.32 Å². The van der Waals surface area contributed by atoms with Crippen molar-refractivity contribution >= 4 is 33.8 Å². The molecule has 0 saturated carbocycles. The highest BCUT2D eigenvalue weighted by Gasteiger charge is 2.22. The van der Waals surface area contributed by atoms with Crippen molar-refractivity contribution in [2.24, 2.45) is 0 Å². The third kappa shape index (κ3) is 3.80. The Balaban J connectivity index is 1.50. The minimum absolute atomic E-state index is 0.196. The molecule has 7 heteroatoms. The number of aryl methyl sites for hydroxylation is 3. The average molecular weight is 444 g/mol. The number of furan rings is 1. The van der Waals surface area contributed by atoms with Gasteiger partial charge in [-0.05, 0) is 43.4 Å². The Kier molecular flexibility index (Phi) is 5.24. The number of amides is 1. The first kappa shape index (κ1) is 21.0. The first-order chi connectivity index (χ1) is 15.9. The Morgan fingerprint density at radius 3 is 2.52 bits per heavy atom. The molecule has 0 unspecified atom stereocenters. The van der Waals surface area contributed by atoms with Gasteiger partial charge in [0.2, 0.25) is 5.91 Å². The summed E-state index contributed by atoms with van der Waals surface area (Å²) in [6, 6.07) is 10.7. The lowest BCUT2D eigenvalue weighted by Gasteiger charge is -2.20. The molecule has 0 radical (unpaired) electrons. The van der Waals surface area contributed by atoms with Crippen molar-refractivity contribution in [3.63, 3.8) is 0 Å². The van der Waals surface area contributed by atoms with Gasteiger partial charge in [0.05, 0.1) is 24.0 Å². The molecule has 2 aromatic carbocycles. The number of benzene rings is 2. The summed E-state index contributed by atoms with van der Waals surface area (Å²) in [4.78, 5) is 37.0. The summed E-state index contributed by atoms with van der Waals surface area (Å²) >= 11 is 0. The molecule has 0 aliphatic heterocycles. The predicted molar refractivity (Wildman–Crippen MR) is 120 cm³/mol. The monoisotopic (exact) mass is 444 g/mol. The van der Waals surface area contributed by atoms with Crippen molar-refractivity contribution in [1.29, 1.82) is 0 Å². The topological polar surface area (TPSA) is 113 Å². The molecule has 2 heterocycles. The van der Waals surface area contributed by atoms with Gasteiger partial charge in [0.1, 0.15) is 16.9 Å². The normalized spacial score (nSPS) is 14.2. The molecule has 0 bridgehead atoms. The lowest BCUT2D eigenvalue weighted by molar-refractivity contribution is -0.308. The molecular formula is C26H22NO6-. The number of fused-ring (bicyclic) bond motifs is 4. The molecule has 1 aliphatic rings. The van der Waals surface area contributed by atoms with Crippen LogP contribution in [0.5, 0.6) is 0 Å². The van der Waals surface area contributed by atoms with Gasteiger partial charge in [-0.25, -0.2) is 4.79 Å². The number of hydrogen-bond donors (Lipinski definition) is 1. The molecule has 1 amide bonds. The molecular weight excluding hydrogens is 422 g/mol. The molecule has 0 spiro atoms. The van der Waals surface area contributed by atoms with Gasteiger partial charge in [0.15, 0.2) is 0 Å². The lowest BCUT2D eigenvalue weighted by atomic mass is 9.94. The Bertz CT molecular complexity index is 1450. The molecule has 0 fully saturated rings. The Morgan fingerprint density at radius 1 is 1.03 bits per heavy atom. The maximum absolute atomic E-state index is 12.7. The van der Waals surface area contributed by atoms with Crippen LogP contribution in [0.4, 0.5) is 0 Å². The summed E-state index contributed by atoms with van der Waals surface area (Å²) in [5.41, 5.74) is 2.88. The van der Waals surface area contributed by atoms with Gasteiger partial charge in [-0.15, -0.1) is 0 Å². The highest BCUT2D eigenvalue weighted by atomic mass is 16.4. The standard InChI is InChI=1S/C26H23NO6/c1-14-17-11-19-16-9-5-6-10-20(16)32-22(19)13-21(17)33-26(31)18(14)12-23(28)27-24(25(29)30)15-7-3-2-4-8-15/h2-4,7-8,11,13,24H,5-6,9-10,12H2,1H3,(H,27,28)(H,29,30)/p-1/t24-/m1/s1. The number of carbonyl (C=O) groups excluding carboxylic acids is 2. The highest BCUT2D eigenvalue weighted by molar-refractivity contribution is 5.97. The zero-order valence-electron chi connectivity index (χ0n) is 18.1. The quantitative estimate of drug-likeness (QED) is 0.474. The number of carboxylic acids is 1. The fourth-order valence-electron chi connectivity index (χ4n) is 4.65. The number of nitrogens with one attached hydrogen (secondary N) is 1. The molecule has 33 heavy (non-hydrogen) atoms. The van der Waals surface area contributed by atoms with E-state index in [4.69, 9.17) is 8.83 Å². The van der Waals surface area contributed by atoms with Crippen LogP contribution in [-0.2, 0) is 28.9 Å². The van der Waals surface area contributed by atoms with Crippen LogP contribution < -0.4 is 16.0 Å². The van der Waals surface area contributed by atoms with Gasteiger partial charge < -0.3 is 24.1 Å². The van der Waals surface area contributed by atoms with Crippen LogP contribution in [0.25, 0.3) is 21.9 Å². The van der Waals surface area contributed by atoms with E-state index in [1.807, 2.05) is 6.07 Å². The summed E-state index contributed by atoms with van der Waals surface area (Å²) in [6.45, 7) is 1.77. The van der Waals surface area contributed by atoms with Crippen LogP contribution in [0.2, 0.25) is 0 Å². The van der Waals surface area contributed by atoms with Crippen LogP contribution in [0.3, 0.4) is 0 Å². The van der Waals surface area contributed by atoms with E-state index < -0.39 is 23.5 Å². The summed E-state index contributed by atoms with van der Waals surface area (Å²) in [5.74, 6) is -1.05. The number of aliphatic carboxylic acids is 1. The van der Waals surface area contributed by atoms with Gasteiger partial charge in [0.25, 0.3) is 0 Å². The Morgan fingerprint density at radius 2 is 1.76 bits per heavy atom. The number of hydrogen-bond acceptors (Lipinski definition) is 6. The smallest absolute Gasteiger partial charge is 0.340 e. The molecule has 168 valence electrons. The van der Waals surface area contributed by atoms with Crippen LogP contribution in [0, 0.1) is 6.92 Å². The number of rotatable bonds is 5. The van der Waals surface area contributed by atoms with E-state index in [0.29, 0.717) is 22.3 Å². The van der Waals surface area contributed by atoms with Gasteiger partial charge >= 0.3 is 5.63 Å². The second-order valence-corrected chi connectivity index (χ2v) is 8.46. The second kappa shape index (κ2) is 8.24. The molecule has 1 aliphatic carbocycles. The summed E-state index contributed by atoms with van der Waals surface area (Å²) in [6.07, 6.45) is 3.74. The van der Waals surface area contributed by atoms with Gasteiger partial charge in [-0.1, -0.05) is 30.3 Å². The minimum atomic E-state index is -1.43. The fraction of sp³-hybridized carbons (Fsp3) is 0.269. The third-order valence-corrected chi connectivity index (χ3v) is 6.37. The lowest BCUT2D eigenvalue weighted by Crippen LogP contribution is -2.42. The van der Waals surface area contributed by atoms with E-state index >= 15 is 0 Å². The van der Waals surface area contributed by atoms with Crippen LogP contribution >= 0.6 is 0 Å². The maximum Gasteiger partial charge on any atom is 0.340 e. The number of carboxylic acid groups (broad SMARTS) is 1. The van der Waals surface area contributed by atoms with Crippen molar-refractivity contribution in [2.45, 2.75) is 45.1 Å². The van der Waals surface area contributed by atoms with Crippen molar-refractivity contribution in [2.75, 3.05) is 0 Å². The van der Waals surface area contributed by atoms with Crippen molar-refractivity contribution in [3.8, 4) is 0 Å². The Labute approximate surface area is 189 Å². The van der Waals surface area contributed by atoms with Crippen LogP contribution in [0.1, 0.15) is 46.9 Å². The van der Waals surface area contributed by atoms with Crippen LogP contribution in [0.15, 0.2) is 56.1 Å². The first-order valence-corrected chi connectivity index (χ1v) is 11.0. The highest BCUT2D eigenvalue weighted by Crippen LogP contribution is 2.35. The summed E-state index contributed by atoms with van der Waals surface area (Å²) in [7, 11) is 0. The molecule has 5 rings (SSSR count). The van der Waals surface area contributed by atoms with E-state index in [1.165, 1.54) is 5.56 Å². The van der Waals surface area contributed by atoms with Crippen LogP contribution in [-0.4, -0.2) is 11.9 Å². The molecule has 2 aromatic heterocycles. The first-order valence-electron chi connectivity index (χ1n) is 11.0. The summed E-state index contributed by atoms with van der Waals surface area (Å²) in [5, 5.41) is 15.8. The molecule has 1 atom stereocenters. The largest absolute Gasteiger partial charge is 0.548 e. The van der Waals surface area contributed by atoms with Gasteiger partial charge in [0, 0.05) is 28.8 Å². The van der Waals surface area contributed by atoms with Crippen molar-refractivity contribution in [3.05, 3.63) is 80.9 Å². The third-order valence-electron chi connectivity index (χ3n) is 6.37. The second-order valence-electron chi connectivity index (χ2n) is 8.46. The van der Waals surface area contributed by atoms with E-state index in [0.717, 1.165) is 42.2 Å². The van der Waals surface area contributed by atoms with E-state index in [-0.39, 0.29) is 12.0 Å². The SMILES string of the molecule is Cc1c(CC(=O)N[C@@H](C(=O)[O-])c2ccccc2)c(=O)oc2cc3oc4c(c3cc12)CCCC4. The summed E-state index contributed by atoms with van der Waals surface area (Å²) < 4.78 is 11.5. The maximum atomic E-state index is 12.7. The minimum Gasteiger partial charge on any atom is -0.548 e. The number of carbonyl (C=O) groups is 2. The van der Waals surface area contributed by atoms with E-state index in [1.54, 1.807) is 43.3 Å².